The summed E-state index contributed by atoms with van der Waals surface area (Å²) < 4.78 is 5.26. The van der Waals surface area contributed by atoms with Crippen LogP contribution in [0.3, 0.4) is 0 Å². The van der Waals surface area contributed by atoms with Crippen LogP contribution in [0.5, 0.6) is 5.75 Å². The van der Waals surface area contributed by atoms with Crippen molar-refractivity contribution in [1.29, 1.82) is 0 Å². The third-order valence-electron chi connectivity index (χ3n) is 5.76. The molecule has 0 unspecified atom stereocenters. The number of piperazine rings is 1. The molecule has 0 saturated carbocycles. The molecule has 5 nitrogen and oxygen atoms in total. The molecule has 1 amide bonds. The van der Waals surface area contributed by atoms with Crippen molar-refractivity contribution < 1.29 is 9.53 Å². The highest BCUT2D eigenvalue weighted by molar-refractivity contribution is 6.03. The first kappa shape index (κ1) is 18.0. The molecule has 142 valence electrons. The Morgan fingerprint density at radius 2 is 1.63 bits per heavy atom. The van der Waals surface area contributed by atoms with Crippen molar-refractivity contribution in [3.63, 3.8) is 0 Å². The zero-order chi connectivity index (χ0) is 18.8. The molecule has 0 spiro atoms. The second-order valence-electron chi connectivity index (χ2n) is 7.47. The van der Waals surface area contributed by atoms with Gasteiger partial charge in [0, 0.05) is 38.4 Å². The molecule has 2 heterocycles. The van der Waals surface area contributed by atoms with Gasteiger partial charge in [-0.25, -0.2) is 0 Å². The van der Waals surface area contributed by atoms with E-state index in [2.05, 4.69) is 41.1 Å². The number of benzene rings is 2. The largest absolute Gasteiger partial charge is 0.497 e. The van der Waals surface area contributed by atoms with Crippen LogP contribution in [-0.4, -0.2) is 62.6 Å². The van der Waals surface area contributed by atoms with Gasteiger partial charge in [-0.1, -0.05) is 30.3 Å². The number of rotatable bonds is 5. The zero-order valence-electron chi connectivity index (χ0n) is 16.0. The lowest BCUT2D eigenvalue weighted by atomic mass is 9.81. The number of hydrogen-bond acceptors (Lipinski definition) is 4. The van der Waals surface area contributed by atoms with Crippen molar-refractivity contribution in [1.82, 2.24) is 9.80 Å². The van der Waals surface area contributed by atoms with Gasteiger partial charge < -0.3 is 14.5 Å². The molecule has 0 N–H and O–H groups in total. The number of methoxy groups -OCH3 is 1. The zero-order valence-corrected chi connectivity index (χ0v) is 16.0. The Balaban J connectivity index is 1.57. The molecule has 2 aromatic carbocycles. The summed E-state index contributed by atoms with van der Waals surface area (Å²) in [5.41, 5.74) is 2.14. The normalized spacial score (nSPS) is 23.9. The van der Waals surface area contributed by atoms with E-state index < -0.39 is 0 Å². The number of ether oxygens (including phenoxy) is 1. The van der Waals surface area contributed by atoms with Gasteiger partial charge in [-0.3, -0.25) is 9.69 Å². The van der Waals surface area contributed by atoms with E-state index in [0.717, 1.165) is 44.2 Å². The minimum Gasteiger partial charge on any atom is -0.497 e. The van der Waals surface area contributed by atoms with Crippen LogP contribution >= 0.6 is 0 Å². The fourth-order valence-corrected chi connectivity index (χ4v) is 4.10. The second-order valence-corrected chi connectivity index (χ2v) is 7.47. The van der Waals surface area contributed by atoms with Crippen LogP contribution in [0.25, 0.3) is 0 Å². The first-order valence-corrected chi connectivity index (χ1v) is 9.60. The highest BCUT2D eigenvalue weighted by Crippen LogP contribution is 2.44. The van der Waals surface area contributed by atoms with E-state index in [1.165, 1.54) is 5.56 Å². The van der Waals surface area contributed by atoms with E-state index in [1.807, 2.05) is 35.2 Å². The molecule has 5 heteroatoms. The van der Waals surface area contributed by atoms with Crippen LogP contribution in [0.15, 0.2) is 54.6 Å². The third kappa shape index (κ3) is 3.57. The SMILES string of the molecule is COc1ccc(N2C(=O)[C@H](CN3CCN(C)CC3)[C@H]2c2ccccc2)cc1. The van der Waals surface area contributed by atoms with Crippen LogP contribution in [0, 0.1) is 5.92 Å². The van der Waals surface area contributed by atoms with Gasteiger partial charge in [0.2, 0.25) is 5.91 Å². The van der Waals surface area contributed by atoms with E-state index in [4.69, 9.17) is 4.74 Å². The minimum atomic E-state index is 0.0120. The molecule has 4 rings (SSSR count). The predicted molar refractivity (Wildman–Crippen MR) is 107 cm³/mol. The van der Waals surface area contributed by atoms with Crippen molar-refractivity contribution in [2.45, 2.75) is 6.04 Å². The average Bonchev–Trinajstić information content (AvgIpc) is 2.72. The predicted octanol–water partition coefficient (Wildman–Crippen LogP) is 2.65. The Labute approximate surface area is 161 Å². The highest BCUT2D eigenvalue weighted by Gasteiger charge is 2.49. The molecule has 2 saturated heterocycles. The molecule has 0 bridgehead atoms. The molecular weight excluding hydrogens is 338 g/mol. The second kappa shape index (κ2) is 7.71. The fourth-order valence-electron chi connectivity index (χ4n) is 4.10. The van der Waals surface area contributed by atoms with Gasteiger partial charge in [0.1, 0.15) is 5.75 Å². The van der Waals surface area contributed by atoms with Gasteiger partial charge in [0.05, 0.1) is 19.1 Å². The summed E-state index contributed by atoms with van der Waals surface area (Å²) in [6.45, 7) is 5.03. The van der Waals surface area contributed by atoms with Crippen molar-refractivity contribution in [3.8, 4) is 5.75 Å². The minimum absolute atomic E-state index is 0.0120. The molecule has 2 atom stereocenters. The smallest absolute Gasteiger partial charge is 0.234 e. The highest BCUT2D eigenvalue weighted by atomic mass is 16.5. The topological polar surface area (TPSA) is 36.0 Å². The van der Waals surface area contributed by atoms with E-state index >= 15 is 0 Å². The molecular formula is C22H27N3O2. The maximum absolute atomic E-state index is 13.1. The molecule has 27 heavy (non-hydrogen) atoms. The maximum atomic E-state index is 13.1. The lowest BCUT2D eigenvalue weighted by Crippen LogP contribution is -2.60. The Bertz CT molecular complexity index is 770. The summed E-state index contributed by atoms with van der Waals surface area (Å²) in [6, 6.07) is 18.3. The van der Waals surface area contributed by atoms with Gasteiger partial charge in [-0.2, -0.15) is 0 Å². The first-order chi connectivity index (χ1) is 13.2. The number of anilines is 1. The quantitative estimate of drug-likeness (QED) is 0.764. The van der Waals surface area contributed by atoms with Crippen molar-refractivity contribution in [3.05, 3.63) is 60.2 Å². The molecule has 0 aliphatic carbocycles. The Kier molecular flexibility index (Phi) is 5.14. The number of β-lactam (4-membered cyclic amide) rings is 1. The molecule has 0 radical (unpaired) electrons. The lowest BCUT2D eigenvalue weighted by molar-refractivity contribution is -0.131. The molecule has 0 aromatic heterocycles. The summed E-state index contributed by atoms with van der Waals surface area (Å²) in [5.74, 6) is 1.03. The van der Waals surface area contributed by atoms with Crippen LogP contribution in [0.4, 0.5) is 5.69 Å². The molecule has 2 fully saturated rings. The van der Waals surface area contributed by atoms with Crippen LogP contribution < -0.4 is 9.64 Å². The number of hydrogen-bond donors (Lipinski definition) is 0. The van der Waals surface area contributed by atoms with E-state index in [9.17, 15) is 4.79 Å². The van der Waals surface area contributed by atoms with E-state index in [1.54, 1.807) is 7.11 Å². The fraction of sp³-hybridized carbons (Fsp3) is 0.409. The first-order valence-electron chi connectivity index (χ1n) is 9.60. The summed E-state index contributed by atoms with van der Waals surface area (Å²) in [6.07, 6.45) is 0. The number of nitrogens with zero attached hydrogens (tertiary/aromatic N) is 3. The van der Waals surface area contributed by atoms with E-state index in [0.29, 0.717) is 0 Å². The van der Waals surface area contributed by atoms with Crippen molar-refractivity contribution in [2.75, 3.05) is 51.8 Å². The van der Waals surface area contributed by atoms with Gasteiger partial charge in [0.15, 0.2) is 0 Å². The Hall–Kier alpha value is -2.37. The number of amides is 1. The summed E-state index contributed by atoms with van der Waals surface area (Å²) in [5, 5.41) is 0. The monoisotopic (exact) mass is 365 g/mol. The van der Waals surface area contributed by atoms with Crippen LogP contribution in [0.2, 0.25) is 0 Å². The Morgan fingerprint density at radius 1 is 0.963 bits per heavy atom. The lowest BCUT2D eigenvalue weighted by Gasteiger charge is -2.49. The number of carbonyl (C=O) groups is 1. The van der Waals surface area contributed by atoms with Crippen LogP contribution in [0.1, 0.15) is 11.6 Å². The molecule has 2 aromatic rings. The summed E-state index contributed by atoms with van der Waals surface area (Å²) in [7, 11) is 3.81. The Morgan fingerprint density at radius 3 is 2.26 bits per heavy atom. The van der Waals surface area contributed by atoms with Gasteiger partial charge >= 0.3 is 0 Å². The number of carbonyl (C=O) groups excluding carboxylic acids is 1. The van der Waals surface area contributed by atoms with Crippen molar-refractivity contribution in [2.24, 2.45) is 5.92 Å². The average molecular weight is 365 g/mol. The molecule has 2 aliphatic rings. The summed E-state index contributed by atoms with van der Waals surface area (Å²) >= 11 is 0. The maximum Gasteiger partial charge on any atom is 0.234 e. The standard InChI is InChI=1S/C22H27N3O2/c1-23-12-14-24(15-13-23)16-20-21(17-6-4-3-5-7-17)25(22(20)26)18-8-10-19(27-2)11-9-18/h3-11,20-21H,12-16H2,1-2H3/t20-,21-/m1/s1. The number of likely N-dealkylation sites (N-methyl/N-ethyl adjacent to an activating group) is 1. The van der Waals surface area contributed by atoms with Gasteiger partial charge in [-0.15, -0.1) is 0 Å². The van der Waals surface area contributed by atoms with E-state index in [-0.39, 0.29) is 17.9 Å². The van der Waals surface area contributed by atoms with Gasteiger partial charge in [-0.05, 0) is 36.9 Å². The van der Waals surface area contributed by atoms with Crippen molar-refractivity contribution >= 4 is 11.6 Å². The summed E-state index contributed by atoms with van der Waals surface area (Å²) in [4.78, 5) is 19.8. The van der Waals surface area contributed by atoms with Crippen LogP contribution in [-0.2, 0) is 4.79 Å². The molecule has 2 aliphatic heterocycles. The van der Waals surface area contributed by atoms with Gasteiger partial charge in [0.25, 0.3) is 0 Å². The third-order valence-corrected chi connectivity index (χ3v) is 5.76.